The molecule has 0 atom stereocenters. The van der Waals surface area contributed by atoms with E-state index in [0.29, 0.717) is 0 Å². The lowest BCUT2D eigenvalue weighted by molar-refractivity contribution is 1.07. The highest BCUT2D eigenvalue weighted by Crippen LogP contribution is 2.40. The Bertz CT molecular complexity index is 279. The van der Waals surface area contributed by atoms with Crippen LogP contribution in [0.15, 0.2) is 12.3 Å². The van der Waals surface area contributed by atoms with Crippen molar-refractivity contribution < 1.29 is 0 Å². The summed E-state index contributed by atoms with van der Waals surface area (Å²) in [6.45, 7) is 1.93. The van der Waals surface area contributed by atoms with Crippen molar-refractivity contribution in [2.24, 2.45) is 0 Å². The number of halogens is 1. The normalized spacial score (nSPS) is 16.9. The van der Waals surface area contributed by atoms with Gasteiger partial charge in [-0.2, -0.15) is 0 Å². The van der Waals surface area contributed by atoms with Crippen LogP contribution in [0.25, 0.3) is 0 Å². The second kappa shape index (κ2) is 2.49. The smallest absolute Gasteiger partial charge is 0.0621 e. The minimum Gasteiger partial charge on any atom is -0.260 e. The van der Waals surface area contributed by atoms with Gasteiger partial charge in [0.25, 0.3) is 0 Å². The molecule has 0 aliphatic heterocycles. The highest BCUT2D eigenvalue weighted by atomic mass is 35.5. The maximum Gasteiger partial charge on any atom is 0.0621 e. The molecule has 1 aliphatic rings. The molecular formula is C9H10ClN. The fraction of sp³-hybridized carbons (Fsp3) is 0.444. The Balaban J connectivity index is 2.36. The first kappa shape index (κ1) is 7.11. The van der Waals surface area contributed by atoms with E-state index in [1.807, 2.05) is 19.2 Å². The third-order valence-electron chi connectivity index (χ3n) is 2.10. The number of aromatic nitrogens is 1. The molecule has 1 nitrogen and oxygen atoms in total. The second-order valence-electron chi connectivity index (χ2n) is 3.11. The van der Waals surface area contributed by atoms with E-state index in [4.69, 9.17) is 11.6 Å². The zero-order valence-corrected chi connectivity index (χ0v) is 7.23. The summed E-state index contributed by atoms with van der Waals surface area (Å²) in [4.78, 5) is 4.21. The van der Waals surface area contributed by atoms with Gasteiger partial charge in [0.1, 0.15) is 0 Å². The third kappa shape index (κ3) is 1.38. The molecular weight excluding hydrogens is 158 g/mol. The minimum absolute atomic E-state index is 0.751. The molecule has 1 aromatic heterocycles. The average molecular weight is 168 g/mol. The zero-order valence-electron chi connectivity index (χ0n) is 6.47. The highest BCUT2D eigenvalue weighted by Gasteiger charge is 2.23. The summed E-state index contributed by atoms with van der Waals surface area (Å²) in [5.74, 6) is 0.751. The van der Waals surface area contributed by atoms with Gasteiger partial charge in [-0.1, -0.05) is 11.6 Å². The van der Waals surface area contributed by atoms with E-state index in [9.17, 15) is 0 Å². The number of hydrogen-bond acceptors (Lipinski definition) is 1. The minimum atomic E-state index is 0.751. The van der Waals surface area contributed by atoms with Crippen LogP contribution in [0, 0.1) is 6.92 Å². The van der Waals surface area contributed by atoms with Gasteiger partial charge in [0.05, 0.1) is 10.7 Å². The van der Waals surface area contributed by atoms with Crippen molar-refractivity contribution in [2.45, 2.75) is 25.7 Å². The standard InChI is InChI=1S/C9H10ClN/c1-6-9(10)4-8(5-11-6)7-2-3-7/h4-5,7H,2-3H2,1H3. The summed E-state index contributed by atoms with van der Waals surface area (Å²) in [6, 6.07) is 2.04. The topological polar surface area (TPSA) is 12.9 Å². The molecule has 1 aliphatic carbocycles. The zero-order chi connectivity index (χ0) is 7.84. The van der Waals surface area contributed by atoms with Crippen LogP contribution in [-0.4, -0.2) is 4.98 Å². The molecule has 1 fully saturated rings. The summed E-state index contributed by atoms with van der Waals surface area (Å²) >= 11 is 5.92. The largest absolute Gasteiger partial charge is 0.260 e. The molecule has 58 valence electrons. The Morgan fingerprint density at radius 2 is 2.27 bits per heavy atom. The van der Waals surface area contributed by atoms with Crippen LogP contribution in [-0.2, 0) is 0 Å². The lowest BCUT2D eigenvalue weighted by Crippen LogP contribution is -1.86. The van der Waals surface area contributed by atoms with Crippen molar-refractivity contribution in [3.8, 4) is 0 Å². The van der Waals surface area contributed by atoms with Crippen molar-refractivity contribution in [2.75, 3.05) is 0 Å². The van der Waals surface area contributed by atoms with Gasteiger partial charge < -0.3 is 0 Å². The van der Waals surface area contributed by atoms with Gasteiger partial charge in [-0.25, -0.2) is 0 Å². The summed E-state index contributed by atoms with van der Waals surface area (Å²) in [7, 11) is 0. The van der Waals surface area contributed by atoms with E-state index >= 15 is 0 Å². The Labute approximate surface area is 71.4 Å². The van der Waals surface area contributed by atoms with Gasteiger partial charge in [0.15, 0.2) is 0 Å². The molecule has 0 saturated heterocycles. The van der Waals surface area contributed by atoms with Gasteiger partial charge in [0.2, 0.25) is 0 Å². The van der Waals surface area contributed by atoms with Crippen molar-refractivity contribution in [1.82, 2.24) is 4.98 Å². The van der Waals surface area contributed by atoms with Crippen LogP contribution in [0.3, 0.4) is 0 Å². The van der Waals surface area contributed by atoms with Gasteiger partial charge in [0, 0.05) is 6.20 Å². The lowest BCUT2D eigenvalue weighted by atomic mass is 10.2. The molecule has 0 N–H and O–H groups in total. The molecule has 1 aromatic rings. The van der Waals surface area contributed by atoms with Crippen LogP contribution >= 0.6 is 11.6 Å². The van der Waals surface area contributed by atoms with Gasteiger partial charge in [-0.3, -0.25) is 4.98 Å². The Hall–Kier alpha value is -0.560. The number of rotatable bonds is 1. The number of pyridine rings is 1. The van der Waals surface area contributed by atoms with E-state index in [-0.39, 0.29) is 0 Å². The van der Waals surface area contributed by atoms with E-state index in [1.54, 1.807) is 0 Å². The predicted molar refractivity (Wildman–Crippen MR) is 46.0 cm³/mol. The summed E-state index contributed by atoms with van der Waals surface area (Å²) in [5.41, 5.74) is 2.23. The molecule has 11 heavy (non-hydrogen) atoms. The second-order valence-corrected chi connectivity index (χ2v) is 3.52. The van der Waals surface area contributed by atoms with Gasteiger partial charge >= 0.3 is 0 Å². The van der Waals surface area contributed by atoms with E-state index in [1.165, 1.54) is 18.4 Å². The van der Waals surface area contributed by atoms with Crippen LogP contribution in [0.2, 0.25) is 5.02 Å². The third-order valence-corrected chi connectivity index (χ3v) is 2.48. The predicted octanol–water partition coefficient (Wildman–Crippen LogP) is 2.92. The molecule has 0 unspecified atom stereocenters. The first-order valence-electron chi connectivity index (χ1n) is 3.89. The molecule has 2 rings (SSSR count). The SMILES string of the molecule is Cc1ncc(C2CC2)cc1Cl. The van der Waals surface area contributed by atoms with Crippen LogP contribution in [0.5, 0.6) is 0 Å². The molecule has 0 amide bonds. The Morgan fingerprint density at radius 3 is 2.82 bits per heavy atom. The Morgan fingerprint density at radius 1 is 1.55 bits per heavy atom. The first-order valence-corrected chi connectivity index (χ1v) is 4.27. The lowest BCUT2D eigenvalue weighted by Gasteiger charge is -1.99. The number of hydrogen-bond donors (Lipinski definition) is 0. The number of nitrogens with zero attached hydrogens (tertiary/aromatic N) is 1. The van der Waals surface area contributed by atoms with Crippen molar-refractivity contribution in [3.63, 3.8) is 0 Å². The van der Waals surface area contributed by atoms with Crippen molar-refractivity contribution >= 4 is 11.6 Å². The van der Waals surface area contributed by atoms with Gasteiger partial charge in [-0.15, -0.1) is 0 Å². The summed E-state index contributed by atoms with van der Waals surface area (Å²) < 4.78 is 0. The molecule has 0 aromatic carbocycles. The van der Waals surface area contributed by atoms with Crippen LogP contribution in [0.1, 0.15) is 30.0 Å². The maximum atomic E-state index is 5.92. The molecule has 1 heterocycles. The molecule has 0 spiro atoms. The number of aryl methyl sites for hydroxylation is 1. The molecule has 0 bridgehead atoms. The quantitative estimate of drug-likeness (QED) is 0.627. The fourth-order valence-electron chi connectivity index (χ4n) is 1.16. The maximum absolute atomic E-state index is 5.92. The van der Waals surface area contributed by atoms with E-state index in [0.717, 1.165) is 16.6 Å². The summed E-state index contributed by atoms with van der Waals surface area (Å²) in [6.07, 6.45) is 4.56. The fourth-order valence-corrected chi connectivity index (χ4v) is 1.34. The molecule has 0 radical (unpaired) electrons. The van der Waals surface area contributed by atoms with E-state index < -0.39 is 0 Å². The van der Waals surface area contributed by atoms with Crippen LogP contribution in [0.4, 0.5) is 0 Å². The molecule has 1 saturated carbocycles. The van der Waals surface area contributed by atoms with Crippen molar-refractivity contribution in [3.05, 3.63) is 28.5 Å². The first-order chi connectivity index (χ1) is 5.27. The van der Waals surface area contributed by atoms with Crippen LogP contribution < -0.4 is 0 Å². The van der Waals surface area contributed by atoms with E-state index in [2.05, 4.69) is 4.98 Å². The Kier molecular flexibility index (Phi) is 1.61. The average Bonchev–Trinajstić information content (AvgIpc) is 2.77. The van der Waals surface area contributed by atoms with Gasteiger partial charge in [-0.05, 0) is 37.3 Å². The monoisotopic (exact) mass is 167 g/mol. The highest BCUT2D eigenvalue weighted by molar-refractivity contribution is 6.31. The van der Waals surface area contributed by atoms with Crippen molar-refractivity contribution in [1.29, 1.82) is 0 Å². The summed E-state index contributed by atoms with van der Waals surface area (Å²) in [5, 5.41) is 0.800. The molecule has 2 heteroatoms.